The van der Waals surface area contributed by atoms with Gasteiger partial charge in [-0.15, -0.1) is 11.3 Å². The number of benzene rings is 2. The minimum absolute atomic E-state index is 0.217. The number of nitrogens with one attached hydrogen (secondary N) is 1. The Morgan fingerprint density at radius 3 is 2.94 bits per heavy atom. The molecule has 4 rings (SSSR count). The number of halogens is 2. The molecule has 5 nitrogen and oxygen atoms in total. The quantitative estimate of drug-likeness (QED) is 0.376. The molecule has 4 aromatic rings. The van der Waals surface area contributed by atoms with Crippen molar-refractivity contribution in [2.24, 2.45) is 0 Å². The fraction of sp³-hybridized carbons (Fsp3) is 0.130. The summed E-state index contributed by atoms with van der Waals surface area (Å²) >= 11 is 7.42. The summed E-state index contributed by atoms with van der Waals surface area (Å²) in [7, 11) is 0. The number of carbonyl (C=O) groups excluding carboxylic acids is 1. The van der Waals surface area contributed by atoms with Crippen LogP contribution in [0.15, 0.2) is 66.3 Å². The van der Waals surface area contributed by atoms with Crippen LogP contribution < -0.4 is 10.1 Å². The van der Waals surface area contributed by atoms with Crippen LogP contribution in [-0.4, -0.2) is 15.7 Å². The Kier molecular flexibility index (Phi) is 6.34. The van der Waals surface area contributed by atoms with Gasteiger partial charge in [0.15, 0.2) is 0 Å². The molecule has 0 aliphatic heterocycles. The van der Waals surface area contributed by atoms with Gasteiger partial charge in [0, 0.05) is 16.8 Å². The smallest absolute Gasteiger partial charge is 0.265 e. The summed E-state index contributed by atoms with van der Waals surface area (Å²) in [6.45, 7) is 2.77. The molecule has 0 spiro atoms. The van der Waals surface area contributed by atoms with Crippen LogP contribution in [-0.2, 0) is 13.2 Å². The van der Waals surface area contributed by atoms with Gasteiger partial charge in [-0.1, -0.05) is 29.8 Å². The second kappa shape index (κ2) is 9.32. The monoisotopic (exact) mass is 455 g/mol. The van der Waals surface area contributed by atoms with E-state index in [2.05, 4.69) is 10.4 Å². The topological polar surface area (TPSA) is 56.1 Å². The normalized spacial score (nSPS) is 10.8. The third-order valence-corrected chi connectivity index (χ3v) is 5.84. The average Bonchev–Trinajstić information content (AvgIpc) is 3.38. The van der Waals surface area contributed by atoms with Crippen LogP contribution >= 0.6 is 22.9 Å². The maximum atomic E-state index is 13.2. The number of aromatic nitrogens is 2. The van der Waals surface area contributed by atoms with E-state index in [1.807, 2.05) is 42.6 Å². The largest absolute Gasteiger partial charge is 0.489 e. The molecule has 1 amide bonds. The Morgan fingerprint density at radius 2 is 2.13 bits per heavy atom. The zero-order chi connectivity index (χ0) is 21.8. The number of nitrogens with zero attached hydrogens (tertiary/aromatic N) is 2. The first-order valence-corrected chi connectivity index (χ1v) is 10.8. The van der Waals surface area contributed by atoms with Crippen LogP contribution in [0.25, 0.3) is 0 Å². The maximum Gasteiger partial charge on any atom is 0.265 e. The lowest BCUT2D eigenvalue weighted by atomic mass is 10.2. The van der Waals surface area contributed by atoms with Crippen molar-refractivity contribution in [2.75, 3.05) is 5.32 Å². The van der Waals surface area contributed by atoms with Crippen LogP contribution in [0.2, 0.25) is 5.02 Å². The lowest BCUT2D eigenvalue weighted by Gasteiger charge is -2.05. The van der Waals surface area contributed by atoms with Gasteiger partial charge in [0.1, 0.15) is 18.2 Å². The summed E-state index contributed by atoms with van der Waals surface area (Å²) in [5, 5.41) is 9.31. The lowest BCUT2D eigenvalue weighted by molar-refractivity contribution is 0.103. The van der Waals surface area contributed by atoms with Gasteiger partial charge in [-0.2, -0.15) is 5.10 Å². The van der Waals surface area contributed by atoms with E-state index >= 15 is 0 Å². The zero-order valence-electron chi connectivity index (χ0n) is 16.6. The number of carbonyl (C=O) groups is 1. The van der Waals surface area contributed by atoms with E-state index in [4.69, 9.17) is 16.3 Å². The van der Waals surface area contributed by atoms with Crippen molar-refractivity contribution in [3.05, 3.63) is 98.7 Å². The molecule has 0 saturated carbocycles. The molecule has 2 aromatic heterocycles. The number of anilines is 1. The molecule has 0 radical (unpaired) electrons. The highest BCUT2D eigenvalue weighted by atomic mass is 35.5. The summed E-state index contributed by atoms with van der Waals surface area (Å²) in [4.78, 5) is 13.1. The van der Waals surface area contributed by atoms with Crippen LogP contribution in [0.1, 0.15) is 26.4 Å². The van der Waals surface area contributed by atoms with Crippen molar-refractivity contribution in [1.82, 2.24) is 9.78 Å². The number of rotatable bonds is 7. The van der Waals surface area contributed by atoms with E-state index in [1.165, 1.54) is 23.5 Å². The number of hydrogen-bond donors (Lipinski definition) is 1. The van der Waals surface area contributed by atoms with Gasteiger partial charge in [-0.25, -0.2) is 4.39 Å². The second-order valence-corrected chi connectivity index (χ2v) is 8.36. The number of thiophene rings is 1. The van der Waals surface area contributed by atoms with Crippen LogP contribution in [0, 0.1) is 12.7 Å². The van der Waals surface area contributed by atoms with E-state index in [-0.39, 0.29) is 11.7 Å². The fourth-order valence-corrected chi connectivity index (χ4v) is 3.99. The molecule has 1 N–H and O–H groups in total. The van der Waals surface area contributed by atoms with Crippen molar-refractivity contribution in [3.8, 4) is 5.75 Å². The highest BCUT2D eigenvalue weighted by Gasteiger charge is 2.12. The predicted molar refractivity (Wildman–Crippen MR) is 121 cm³/mol. The van der Waals surface area contributed by atoms with Crippen LogP contribution in [0.3, 0.4) is 0 Å². The van der Waals surface area contributed by atoms with Crippen molar-refractivity contribution >= 4 is 34.5 Å². The second-order valence-electron chi connectivity index (χ2n) is 7.04. The molecule has 0 saturated heterocycles. The van der Waals surface area contributed by atoms with Crippen molar-refractivity contribution in [2.45, 2.75) is 20.1 Å². The third-order valence-electron chi connectivity index (χ3n) is 4.51. The van der Waals surface area contributed by atoms with Gasteiger partial charge in [-0.05, 0) is 53.8 Å². The standard InChI is InChI=1S/C23H19ClFN3O2S/c1-15-3-2-4-20(7-15)30-13-16-8-22(31-14-16)23(29)27-19-10-26-28(12-19)11-17-5-6-18(25)9-21(17)24/h2-10,12,14H,11,13H2,1H3,(H,27,29). The molecular weight excluding hydrogens is 437 g/mol. The minimum atomic E-state index is -0.387. The van der Waals surface area contributed by atoms with Gasteiger partial charge in [-0.3, -0.25) is 9.48 Å². The molecule has 2 heterocycles. The molecule has 0 aliphatic rings. The number of amides is 1. The van der Waals surface area contributed by atoms with E-state index in [0.717, 1.165) is 22.4 Å². The lowest BCUT2D eigenvalue weighted by Crippen LogP contribution is -2.09. The van der Waals surface area contributed by atoms with Gasteiger partial charge in [0.2, 0.25) is 0 Å². The van der Waals surface area contributed by atoms with E-state index < -0.39 is 0 Å². The third kappa shape index (κ3) is 5.51. The SMILES string of the molecule is Cc1cccc(OCc2csc(C(=O)Nc3cnn(Cc4ccc(F)cc4Cl)c3)c2)c1. The Labute approximate surface area is 188 Å². The maximum absolute atomic E-state index is 13.2. The fourth-order valence-electron chi connectivity index (χ4n) is 2.97. The van der Waals surface area contributed by atoms with Crippen LogP contribution in [0.5, 0.6) is 5.75 Å². The first-order valence-electron chi connectivity index (χ1n) is 9.51. The van der Waals surface area contributed by atoms with Gasteiger partial charge >= 0.3 is 0 Å². The summed E-state index contributed by atoms with van der Waals surface area (Å²) < 4.78 is 20.6. The predicted octanol–water partition coefficient (Wildman–Crippen LogP) is 5.93. The number of hydrogen-bond acceptors (Lipinski definition) is 4. The van der Waals surface area contributed by atoms with E-state index in [9.17, 15) is 9.18 Å². The zero-order valence-corrected chi connectivity index (χ0v) is 18.2. The molecule has 0 atom stereocenters. The van der Waals surface area contributed by atoms with Crippen molar-refractivity contribution in [3.63, 3.8) is 0 Å². The molecule has 2 aromatic carbocycles. The molecule has 0 bridgehead atoms. The molecule has 158 valence electrons. The Hall–Kier alpha value is -3.16. The molecule has 8 heteroatoms. The highest BCUT2D eigenvalue weighted by Crippen LogP contribution is 2.21. The first kappa shape index (κ1) is 21.1. The molecule has 0 aliphatic carbocycles. The number of ether oxygens (including phenoxy) is 1. The average molecular weight is 456 g/mol. The van der Waals surface area contributed by atoms with Crippen molar-refractivity contribution < 1.29 is 13.9 Å². The summed E-state index contributed by atoms with van der Waals surface area (Å²) in [5.74, 6) is 0.193. The minimum Gasteiger partial charge on any atom is -0.489 e. The highest BCUT2D eigenvalue weighted by molar-refractivity contribution is 7.12. The Morgan fingerprint density at radius 1 is 1.26 bits per heavy atom. The van der Waals surface area contributed by atoms with Gasteiger partial charge in [0.05, 0.1) is 23.3 Å². The van der Waals surface area contributed by atoms with Gasteiger partial charge in [0.25, 0.3) is 5.91 Å². The Balaban J connectivity index is 1.34. The molecule has 0 unspecified atom stereocenters. The summed E-state index contributed by atoms with van der Waals surface area (Å²) in [6.07, 6.45) is 3.26. The van der Waals surface area contributed by atoms with Crippen LogP contribution in [0.4, 0.5) is 10.1 Å². The number of aryl methyl sites for hydroxylation is 1. The molecular formula is C23H19ClFN3O2S. The summed E-state index contributed by atoms with van der Waals surface area (Å²) in [5.41, 5.74) is 3.36. The van der Waals surface area contributed by atoms with Gasteiger partial charge < -0.3 is 10.1 Å². The first-order chi connectivity index (χ1) is 15.0. The van der Waals surface area contributed by atoms with E-state index in [1.54, 1.807) is 23.1 Å². The van der Waals surface area contributed by atoms with Crippen molar-refractivity contribution in [1.29, 1.82) is 0 Å². The molecule has 0 fully saturated rings. The summed E-state index contributed by atoms with van der Waals surface area (Å²) in [6, 6.07) is 13.9. The van der Waals surface area contributed by atoms with E-state index in [0.29, 0.717) is 28.7 Å². The molecule has 31 heavy (non-hydrogen) atoms. The Bertz CT molecular complexity index is 1220.